The molecule has 0 unspecified atom stereocenters. The molecule has 0 aliphatic rings. The van der Waals surface area contributed by atoms with Crippen LogP contribution in [0.1, 0.15) is 32.6 Å². The van der Waals surface area contributed by atoms with Crippen LogP contribution in [0.2, 0.25) is 0 Å². The first kappa shape index (κ1) is 21.8. The van der Waals surface area contributed by atoms with Crippen LogP contribution in [0.25, 0.3) is 17.0 Å². The highest BCUT2D eigenvalue weighted by atomic mass is 16.5. The quantitative estimate of drug-likeness (QED) is 0.296. The van der Waals surface area contributed by atoms with Crippen molar-refractivity contribution >= 4 is 28.7 Å². The van der Waals surface area contributed by atoms with Crippen molar-refractivity contribution < 1.29 is 24.5 Å². The van der Waals surface area contributed by atoms with Crippen LogP contribution < -0.4 is 4.74 Å². The van der Waals surface area contributed by atoms with Crippen molar-refractivity contribution in [3.8, 4) is 17.2 Å². The molecule has 6 nitrogen and oxygen atoms in total. The second kappa shape index (κ2) is 8.96. The Morgan fingerprint density at radius 1 is 0.939 bits per heavy atom. The fraction of sp³-hybridized carbons (Fsp3) is 0.0741. The first-order chi connectivity index (χ1) is 15.8. The van der Waals surface area contributed by atoms with Crippen LogP contribution in [0.5, 0.6) is 17.2 Å². The first-order valence-electron chi connectivity index (χ1n) is 10.2. The maximum atomic E-state index is 13.5. The van der Waals surface area contributed by atoms with Crippen molar-refractivity contribution in [2.75, 3.05) is 0 Å². The van der Waals surface area contributed by atoms with Crippen LogP contribution >= 0.6 is 0 Å². The molecule has 0 atom stereocenters. The highest BCUT2D eigenvalue weighted by Crippen LogP contribution is 2.35. The second-order valence-corrected chi connectivity index (χ2v) is 7.69. The van der Waals surface area contributed by atoms with Gasteiger partial charge in [-0.2, -0.15) is 0 Å². The lowest BCUT2D eigenvalue weighted by atomic mass is 9.97. The van der Waals surface area contributed by atoms with Gasteiger partial charge in [0, 0.05) is 29.3 Å². The van der Waals surface area contributed by atoms with Crippen LogP contribution in [0.3, 0.4) is 0 Å². The Balaban J connectivity index is 1.79. The summed E-state index contributed by atoms with van der Waals surface area (Å²) < 4.78 is 6.17. The third-order valence-corrected chi connectivity index (χ3v) is 5.19. The van der Waals surface area contributed by atoms with E-state index >= 15 is 0 Å². The summed E-state index contributed by atoms with van der Waals surface area (Å²) in [6, 6.07) is 17.1. The summed E-state index contributed by atoms with van der Waals surface area (Å²) in [5.74, 6) is -0.386. The van der Waals surface area contributed by atoms with Crippen molar-refractivity contribution in [1.29, 1.82) is 0 Å². The Bertz CT molecular complexity index is 1400. The van der Waals surface area contributed by atoms with Gasteiger partial charge >= 0.3 is 5.97 Å². The number of rotatable bonds is 6. The number of nitrogens with zero attached hydrogens (tertiary/aromatic N) is 1. The Labute approximate surface area is 190 Å². The van der Waals surface area contributed by atoms with Gasteiger partial charge in [-0.25, -0.2) is 4.79 Å². The molecule has 0 amide bonds. The predicted octanol–water partition coefficient (Wildman–Crippen LogP) is 5.68. The van der Waals surface area contributed by atoms with E-state index in [1.54, 1.807) is 36.4 Å². The van der Waals surface area contributed by atoms with E-state index in [0.717, 1.165) is 17.2 Å². The predicted molar refractivity (Wildman–Crippen MR) is 126 cm³/mol. The first-order valence-corrected chi connectivity index (χ1v) is 10.2. The zero-order valence-electron chi connectivity index (χ0n) is 18.1. The minimum absolute atomic E-state index is 0.0592. The highest BCUT2D eigenvalue weighted by molar-refractivity contribution is 6.13. The SMILES string of the molecule is Cc1ccc(C(=O)c2cnc3cc(O)ccc3c2Oc2ccc(/C=C/C(=O)O)cc2)c(C)c1. The van der Waals surface area contributed by atoms with Gasteiger partial charge in [-0.3, -0.25) is 9.78 Å². The zero-order chi connectivity index (χ0) is 23.5. The van der Waals surface area contributed by atoms with E-state index in [0.29, 0.717) is 39.1 Å². The summed E-state index contributed by atoms with van der Waals surface area (Å²) in [5.41, 5.74) is 3.95. The summed E-state index contributed by atoms with van der Waals surface area (Å²) in [6.07, 6.45) is 3.99. The van der Waals surface area contributed by atoms with Crippen molar-refractivity contribution in [1.82, 2.24) is 4.98 Å². The molecule has 1 aromatic heterocycles. The average molecular weight is 439 g/mol. The Hall–Kier alpha value is -4.45. The van der Waals surface area contributed by atoms with E-state index in [9.17, 15) is 14.7 Å². The molecular weight excluding hydrogens is 418 g/mol. The molecule has 3 aromatic carbocycles. The monoisotopic (exact) mass is 439 g/mol. The van der Waals surface area contributed by atoms with Crippen LogP contribution in [0.4, 0.5) is 0 Å². The average Bonchev–Trinajstić information content (AvgIpc) is 2.78. The van der Waals surface area contributed by atoms with Crippen LogP contribution in [-0.4, -0.2) is 26.9 Å². The molecule has 33 heavy (non-hydrogen) atoms. The molecule has 0 saturated carbocycles. The van der Waals surface area contributed by atoms with E-state index in [4.69, 9.17) is 9.84 Å². The maximum absolute atomic E-state index is 13.5. The molecule has 2 N–H and O–H groups in total. The van der Waals surface area contributed by atoms with Crippen molar-refractivity contribution in [2.45, 2.75) is 13.8 Å². The minimum atomic E-state index is -1.03. The van der Waals surface area contributed by atoms with E-state index in [1.807, 2.05) is 26.0 Å². The number of carbonyl (C=O) groups is 2. The van der Waals surface area contributed by atoms with Gasteiger partial charge < -0.3 is 14.9 Å². The molecule has 0 spiro atoms. The number of aromatic hydroxyl groups is 1. The molecule has 0 aliphatic heterocycles. The van der Waals surface area contributed by atoms with Crippen molar-refractivity contribution in [3.63, 3.8) is 0 Å². The van der Waals surface area contributed by atoms with Crippen LogP contribution in [-0.2, 0) is 4.79 Å². The van der Waals surface area contributed by atoms with Crippen molar-refractivity contribution in [2.24, 2.45) is 0 Å². The van der Waals surface area contributed by atoms with Gasteiger partial charge in [0.25, 0.3) is 0 Å². The Morgan fingerprint density at radius 3 is 2.39 bits per heavy atom. The summed E-state index contributed by atoms with van der Waals surface area (Å²) in [5, 5.41) is 19.2. The van der Waals surface area contributed by atoms with E-state index < -0.39 is 5.97 Å². The van der Waals surface area contributed by atoms with Gasteiger partial charge in [0.1, 0.15) is 17.2 Å². The molecule has 6 heteroatoms. The molecule has 0 fully saturated rings. The summed E-state index contributed by atoms with van der Waals surface area (Å²) in [4.78, 5) is 28.6. The van der Waals surface area contributed by atoms with E-state index in [2.05, 4.69) is 4.98 Å². The van der Waals surface area contributed by atoms with Gasteiger partial charge in [0.2, 0.25) is 0 Å². The topological polar surface area (TPSA) is 96.7 Å². The number of carboxylic acids is 1. The maximum Gasteiger partial charge on any atom is 0.328 e. The fourth-order valence-electron chi connectivity index (χ4n) is 3.57. The molecule has 1 heterocycles. The van der Waals surface area contributed by atoms with Gasteiger partial charge in [0.05, 0.1) is 11.1 Å². The summed E-state index contributed by atoms with van der Waals surface area (Å²) >= 11 is 0. The van der Waals surface area contributed by atoms with E-state index in [-0.39, 0.29) is 11.5 Å². The third kappa shape index (κ3) is 4.75. The van der Waals surface area contributed by atoms with Gasteiger partial charge in [0.15, 0.2) is 5.78 Å². The number of hydrogen-bond acceptors (Lipinski definition) is 5. The molecule has 0 radical (unpaired) electrons. The molecule has 4 aromatic rings. The van der Waals surface area contributed by atoms with E-state index in [1.165, 1.54) is 24.4 Å². The van der Waals surface area contributed by atoms with Gasteiger partial charge in [-0.05, 0) is 55.3 Å². The van der Waals surface area contributed by atoms with Crippen LogP contribution in [0.15, 0.2) is 72.9 Å². The van der Waals surface area contributed by atoms with Gasteiger partial charge in [-0.15, -0.1) is 0 Å². The smallest absolute Gasteiger partial charge is 0.328 e. The summed E-state index contributed by atoms with van der Waals surface area (Å²) in [6.45, 7) is 3.85. The molecular formula is C27H21NO5. The standard InChI is InChI=1S/C27H21NO5/c1-16-3-10-21(17(2)13-16)26(32)23-15-28-24-14-19(29)7-11-22(24)27(23)33-20-8-4-18(5-9-20)6-12-25(30)31/h3-15,29H,1-2H3,(H,30,31)/b12-6+. The Kier molecular flexibility index (Phi) is 5.91. The van der Waals surface area contributed by atoms with Gasteiger partial charge in [-0.1, -0.05) is 35.9 Å². The molecule has 0 aliphatic carbocycles. The number of phenols is 1. The van der Waals surface area contributed by atoms with Crippen LogP contribution in [0, 0.1) is 13.8 Å². The zero-order valence-corrected chi connectivity index (χ0v) is 18.1. The number of ketones is 1. The normalized spacial score (nSPS) is 11.1. The largest absolute Gasteiger partial charge is 0.508 e. The molecule has 4 rings (SSSR count). The number of ether oxygens (including phenoxy) is 1. The molecule has 0 saturated heterocycles. The number of aliphatic carboxylic acids is 1. The number of aryl methyl sites for hydroxylation is 2. The third-order valence-electron chi connectivity index (χ3n) is 5.19. The molecule has 164 valence electrons. The number of benzene rings is 3. The number of phenolic OH excluding ortho intramolecular Hbond substituents is 1. The number of aromatic nitrogens is 1. The number of carboxylic acid groups (broad SMARTS) is 1. The van der Waals surface area contributed by atoms with Crippen molar-refractivity contribution in [3.05, 3.63) is 101 Å². The number of hydrogen-bond donors (Lipinski definition) is 2. The lowest BCUT2D eigenvalue weighted by Crippen LogP contribution is -2.07. The number of pyridine rings is 1. The summed E-state index contributed by atoms with van der Waals surface area (Å²) in [7, 11) is 0. The minimum Gasteiger partial charge on any atom is -0.508 e. The second-order valence-electron chi connectivity index (χ2n) is 7.69. The highest BCUT2D eigenvalue weighted by Gasteiger charge is 2.21. The number of fused-ring (bicyclic) bond motifs is 1. The lowest BCUT2D eigenvalue weighted by molar-refractivity contribution is -0.131. The fourth-order valence-corrected chi connectivity index (χ4v) is 3.57. The number of carbonyl (C=O) groups excluding carboxylic acids is 1. The molecule has 0 bridgehead atoms. The lowest BCUT2D eigenvalue weighted by Gasteiger charge is -2.15. The Morgan fingerprint density at radius 2 is 1.70 bits per heavy atom.